The van der Waals surface area contributed by atoms with E-state index in [0.717, 1.165) is 0 Å². The number of rotatable bonds is 22. The standard InChI is InChI=1S/C33H50N7O5PSi.C24H32N5O6PSi.C4H11N/c1-11-25-27(44-46(42-19-15-18-34)40(22(2)3)23(4)5)28(45-47(9,10)33(6,7)8)32(43-25)39-21-37-26-29(35-20-36-30(26)39)38-31(41)24-16-13-12-14-17-24;1-7-16-18(34-36(31)32)19(35-37(5,6)24(2,3)4)23(33-16)29-14-27-17-20(25-13-26-21(17)29)28-22(30)15-11-9-8-10-12-15;1-4(2,3)5/h12-14,16-17,20-23,25,27-28,32H,11,15,19H2,1-10H3,(H,35,36,38,41);8-14,16,18-19,23H,7H2,1-6H3,(H,25,26,28,30);5H2,1-3H3/p+1/t25-,27-,28-,32-,46?;16-,18-,19-,23-;/m11./s1. The van der Waals surface area contributed by atoms with Crippen LogP contribution in [0.5, 0.6) is 0 Å². The number of fused-ring (bicyclic) bond motifs is 2. The summed E-state index contributed by atoms with van der Waals surface area (Å²) in [5.41, 5.74) is 6.74. The van der Waals surface area contributed by atoms with Gasteiger partial charge in [0.15, 0.2) is 69.2 Å². The van der Waals surface area contributed by atoms with Crippen LogP contribution in [0.3, 0.4) is 0 Å². The summed E-state index contributed by atoms with van der Waals surface area (Å²) >= 11 is 0. The normalized spacial score (nSPS) is 21.3. The zero-order chi connectivity index (χ0) is 66.0. The number of nitrogens with one attached hydrogen (secondary N) is 2. The molecule has 2 aliphatic heterocycles. The molecule has 2 unspecified atom stereocenters. The topological polar surface area (TPSA) is 305 Å². The lowest BCUT2D eigenvalue weighted by Crippen LogP contribution is -2.67. The van der Waals surface area contributed by atoms with E-state index in [9.17, 15) is 24.3 Å². The van der Waals surface area contributed by atoms with Crippen molar-refractivity contribution in [3.05, 3.63) is 97.1 Å². The average molecular weight is 1300 g/mol. The van der Waals surface area contributed by atoms with Crippen LogP contribution in [-0.4, -0.2) is 133 Å². The number of nitrogens with zero attached hydrogens (tertiary/aromatic N) is 10. The zero-order valence-electron chi connectivity index (χ0n) is 55.2. The maximum Gasteiger partial charge on any atom is 0.488 e. The van der Waals surface area contributed by atoms with E-state index < -0.39 is 76.4 Å². The molecule has 89 heavy (non-hydrogen) atoms. The molecule has 28 heteroatoms. The number of carbonyl (C=O) groups is 2. The van der Waals surface area contributed by atoms with Gasteiger partial charge in [-0.2, -0.15) is 5.26 Å². The van der Waals surface area contributed by atoms with E-state index in [0.29, 0.717) is 52.1 Å². The highest BCUT2D eigenvalue weighted by atomic mass is 31.2. The third-order valence-corrected chi connectivity index (χ3v) is 27.2. The molecule has 6 aromatic rings. The van der Waals surface area contributed by atoms with Crippen LogP contribution in [0.1, 0.15) is 156 Å². The molecule has 24 nitrogen and oxygen atoms in total. The molecular formula is C61H94N13O11P2Si2+. The van der Waals surface area contributed by atoms with Gasteiger partial charge in [-0.1, -0.05) is 91.8 Å². The molecule has 10 atom stereocenters. The summed E-state index contributed by atoms with van der Waals surface area (Å²) < 4.78 is 63.1. The second-order valence-corrected chi connectivity index (χ2v) is 38.4. The minimum Gasteiger partial charge on any atom is -0.566 e. The summed E-state index contributed by atoms with van der Waals surface area (Å²) in [6, 6.07) is 20.2. The molecule has 0 aliphatic carbocycles. The van der Waals surface area contributed by atoms with Gasteiger partial charge in [0.25, 0.3) is 20.3 Å². The number of ether oxygens (including phenoxy) is 2. The fourth-order valence-electron chi connectivity index (χ4n) is 9.36. The number of hydrogen-bond donors (Lipinski definition) is 3. The van der Waals surface area contributed by atoms with Crippen LogP contribution in [0.4, 0.5) is 11.6 Å². The van der Waals surface area contributed by atoms with E-state index in [1.54, 1.807) is 47.3 Å². The van der Waals surface area contributed by atoms with E-state index in [1.165, 1.54) is 19.0 Å². The minimum absolute atomic E-state index is 0.0869. The first-order chi connectivity index (χ1) is 41.6. The summed E-state index contributed by atoms with van der Waals surface area (Å²) in [5, 5.41) is 14.7. The lowest BCUT2D eigenvalue weighted by molar-refractivity contribution is -0.458. The predicted octanol–water partition coefficient (Wildman–Crippen LogP) is 11.6. The fraction of sp³-hybridized carbons (Fsp3) is 0.590. The first kappa shape index (κ1) is 72.6. The maximum absolute atomic E-state index is 13.0. The molecule has 0 spiro atoms. The molecular weight excluding hydrogens is 1210 g/mol. The molecule has 2 aromatic carbocycles. The Bertz CT molecular complexity index is 3320. The third-order valence-electron chi connectivity index (χ3n) is 15.7. The predicted molar refractivity (Wildman–Crippen MR) is 347 cm³/mol. The van der Waals surface area contributed by atoms with E-state index in [-0.39, 0.29) is 64.5 Å². The van der Waals surface area contributed by atoms with Crippen molar-refractivity contribution in [2.45, 2.75) is 226 Å². The number of hydrogen-bond acceptors (Lipinski definition) is 19. The number of anilines is 2. The van der Waals surface area contributed by atoms with E-state index in [2.05, 4.69) is 180 Å². The third kappa shape index (κ3) is 18.6. The van der Waals surface area contributed by atoms with Crippen molar-refractivity contribution in [2.24, 2.45) is 0 Å². The molecule has 2 saturated heterocycles. The Hall–Kier alpha value is -5.47. The van der Waals surface area contributed by atoms with Gasteiger partial charge in [0.2, 0.25) is 0 Å². The van der Waals surface area contributed by atoms with Gasteiger partial charge >= 0.3 is 8.25 Å². The van der Waals surface area contributed by atoms with Gasteiger partial charge in [0.1, 0.15) is 31.0 Å². The molecule has 0 saturated carbocycles. The number of quaternary nitrogens is 1. The molecule has 2 fully saturated rings. The monoisotopic (exact) mass is 1300 g/mol. The lowest BCUT2D eigenvalue weighted by atomic mass is 10.1. The largest absolute Gasteiger partial charge is 0.566 e. The van der Waals surface area contributed by atoms with Crippen LogP contribution in [-0.2, 0) is 36.5 Å². The van der Waals surface area contributed by atoms with Crippen molar-refractivity contribution in [3.63, 3.8) is 0 Å². The first-order valence-corrected chi connectivity index (χ1v) is 38.3. The van der Waals surface area contributed by atoms with Gasteiger partial charge < -0.3 is 48.6 Å². The Morgan fingerprint density at radius 3 is 1.45 bits per heavy atom. The molecule has 5 N–H and O–H groups in total. The zero-order valence-corrected chi connectivity index (χ0v) is 59.0. The van der Waals surface area contributed by atoms with E-state index in [4.69, 9.17) is 31.9 Å². The number of nitriles is 1. The number of carbonyl (C=O) groups excluding carboxylic acids is 2. The van der Waals surface area contributed by atoms with Crippen LogP contribution in [0.15, 0.2) is 86.0 Å². The SMILES string of the molecule is CC(C)(C)[NH3+].CC[C@H]1O[C@@H](n2cnc3c(NC(=O)c4ccccc4)ncnc32)[C@H](O[Si](C)(C)C(C)(C)C)[C@@H]1OP(OCCC#N)N(C(C)C)C(C)C.CC[C@H]1O[C@@H](n2cnc3c(NC(=O)c4ccccc4)ncnc32)[C@H](O[Si](C)(C)C(C)(C)C)[C@@H]1O[P+](=O)[O-]. The summed E-state index contributed by atoms with van der Waals surface area (Å²) in [6.45, 7) is 40.5. The van der Waals surface area contributed by atoms with Crippen molar-refractivity contribution in [3.8, 4) is 6.07 Å². The Morgan fingerprint density at radius 2 is 1.09 bits per heavy atom. The molecule has 486 valence electrons. The second-order valence-electron chi connectivity index (χ2n) is 26.8. The molecule has 2 aliphatic rings. The van der Waals surface area contributed by atoms with Crippen LogP contribution >= 0.6 is 16.8 Å². The molecule has 0 radical (unpaired) electrons. The number of amides is 2. The number of imidazole rings is 2. The smallest absolute Gasteiger partial charge is 0.488 e. The fourth-order valence-corrected chi connectivity index (χ4v) is 14.1. The Kier molecular flexibility index (Phi) is 25.1. The summed E-state index contributed by atoms with van der Waals surface area (Å²) in [7, 11) is -9.44. The van der Waals surface area contributed by atoms with Crippen molar-refractivity contribution in [1.29, 1.82) is 5.26 Å². The minimum atomic E-state index is -3.13. The highest BCUT2D eigenvalue weighted by Crippen LogP contribution is 2.53. The highest BCUT2D eigenvalue weighted by molar-refractivity contribution is 7.44. The van der Waals surface area contributed by atoms with Crippen LogP contribution in [0.2, 0.25) is 36.3 Å². The Morgan fingerprint density at radius 1 is 0.697 bits per heavy atom. The van der Waals surface area contributed by atoms with Gasteiger partial charge in [-0.3, -0.25) is 18.7 Å². The summed E-state index contributed by atoms with van der Waals surface area (Å²) in [6.07, 6.45) is 2.61. The van der Waals surface area contributed by atoms with E-state index >= 15 is 0 Å². The Balaban J connectivity index is 0.000000270. The summed E-state index contributed by atoms with van der Waals surface area (Å²) in [5.74, 6) is -0.0631. The van der Waals surface area contributed by atoms with Gasteiger partial charge in [0.05, 0.1) is 49.5 Å². The molecule has 4 aromatic heterocycles. The van der Waals surface area contributed by atoms with Gasteiger partial charge in [-0.15, -0.1) is 4.52 Å². The molecule has 6 heterocycles. The van der Waals surface area contributed by atoms with Crippen LogP contribution < -0.4 is 21.3 Å². The van der Waals surface area contributed by atoms with Crippen molar-refractivity contribution in [1.82, 2.24) is 43.7 Å². The first-order valence-electron chi connectivity index (χ1n) is 30.3. The van der Waals surface area contributed by atoms with Crippen LogP contribution in [0.25, 0.3) is 22.3 Å². The van der Waals surface area contributed by atoms with Gasteiger partial charge in [0, 0.05) is 23.2 Å². The number of benzene rings is 2. The Labute approximate surface area is 528 Å². The van der Waals surface area contributed by atoms with Crippen molar-refractivity contribution >= 4 is 79.2 Å². The van der Waals surface area contributed by atoms with E-state index in [1.807, 2.05) is 35.8 Å². The summed E-state index contributed by atoms with van der Waals surface area (Å²) in [4.78, 5) is 64.0. The molecule has 2 amide bonds. The average Bonchev–Trinajstić information content (AvgIpc) is 1.66. The molecule has 0 bridgehead atoms. The highest BCUT2D eigenvalue weighted by Gasteiger charge is 2.55. The quantitative estimate of drug-likeness (QED) is 0.0323. The second kappa shape index (κ2) is 30.8. The van der Waals surface area contributed by atoms with Crippen molar-refractivity contribution < 1.29 is 56.7 Å². The van der Waals surface area contributed by atoms with Gasteiger partial charge in [-0.05, 0) is 126 Å². The number of aromatic nitrogens is 8. The lowest BCUT2D eigenvalue weighted by Gasteiger charge is -2.42. The van der Waals surface area contributed by atoms with Gasteiger partial charge in [-0.25, -0.2) is 34.6 Å². The molecule has 8 rings (SSSR count). The maximum atomic E-state index is 13.0. The van der Waals surface area contributed by atoms with Crippen LogP contribution in [0, 0.1) is 11.3 Å². The van der Waals surface area contributed by atoms with Crippen molar-refractivity contribution in [2.75, 3.05) is 17.2 Å².